The maximum Gasteiger partial charge on any atom is 0.242 e. The molecule has 6 nitrogen and oxygen atoms in total. The minimum atomic E-state index is -0.682. The number of carbonyl (C=O) groups is 3. The van der Waals surface area contributed by atoms with E-state index < -0.39 is 12.1 Å². The van der Waals surface area contributed by atoms with Gasteiger partial charge in [-0.3, -0.25) is 9.59 Å². The second-order valence-corrected chi connectivity index (χ2v) is 3.46. The van der Waals surface area contributed by atoms with E-state index in [0.717, 1.165) is 0 Å². The Bertz CT molecular complexity index is 309. The molecule has 1 radical (unpaired) electrons. The van der Waals surface area contributed by atoms with Gasteiger partial charge < -0.3 is 27.8 Å². The molecule has 1 rings (SSSR count). The third-order valence-corrected chi connectivity index (χ3v) is 2.38. The normalized spacial score (nSPS) is 20.6. The van der Waals surface area contributed by atoms with Gasteiger partial charge >= 0.3 is 0 Å². The Hall–Kier alpha value is -0.486. The summed E-state index contributed by atoms with van der Waals surface area (Å²) in [6, 6.07) is -1.32. The molecule has 1 saturated heterocycles. The number of rotatable bonds is 2. The average molecular weight is 316 g/mol. The van der Waals surface area contributed by atoms with Crippen molar-refractivity contribution in [1.82, 2.24) is 10.2 Å². The zero-order valence-electron chi connectivity index (χ0n) is 10.6. The summed E-state index contributed by atoms with van der Waals surface area (Å²) in [5.41, 5.74) is 0. The monoisotopic (exact) mass is 316 g/mol. The molecule has 1 heterocycles. The van der Waals surface area contributed by atoms with Crippen molar-refractivity contribution < 1.29 is 47.1 Å². The van der Waals surface area contributed by atoms with Crippen LogP contribution in [0.5, 0.6) is 0 Å². The Balaban J connectivity index is 0. The molecule has 17 heavy (non-hydrogen) atoms. The van der Waals surface area contributed by atoms with E-state index in [1.807, 2.05) is 0 Å². The number of nitrogens with zero attached hydrogens (tertiary/aromatic N) is 2. The van der Waals surface area contributed by atoms with Gasteiger partial charge in [0.2, 0.25) is 11.8 Å². The molecule has 0 bridgehead atoms. The van der Waals surface area contributed by atoms with Gasteiger partial charge in [-0.1, -0.05) is 6.92 Å². The summed E-state index contributed by atoms with van der Waals surface area (Å²) in [6.45, 7) is 3.02. The Morgan fingerprint density at radius 1 is 1.53 bits per heavy atom. The number of carbonyl (C=O) groups excluding carboxylic acids is 3. The van der Waals surface area contributed by atoms with E-state index in [1.165, 1.54) is 11.9 Å². The fraction of sp³-hybridized carbons (Fsp3) is 0.600. The third kappa shape index (κ3) is 4.35. The molecule has 2 unspecified atom stereocenters. The smallest absolute Gasteiger partial charge is 0.242 e. The molecule has 0 aliphatic carbocycles. The number of likely N-dealkylation sites (N-methyl/N-ethyl adjacent to an activating group) is 1. The van der Waals surface area contributed by atoms with Gasteiger partial charge in [0.25, 0.3) is 0 Å². The van der Waals surface area contributed by atoms with E-state index in [0.29, 0.717) is 0 Å². The molecule has 0 aromatic heterocycles. The molecular weight excluding hydrogens is 299 g/mol. The molecule has 0 saturated carbocycles. The van der Waals surface area contributed by atoms with Gasteiger partial charge in [0, 0.05) is 39.8 Å². The van der Waals surface area contributed by atoms with Crippen LogP contribution in [-0.2, 0) is 47.1 Å². The number of amides is 3. The van der Waals surface area contributed by atoms with Crippen molar-refractivity contribution in [2.45, 2.75) is 25.9 Å². The van der Waals surface area contributed by atoms with E-state index in [2.05, 4.69) is 10.6 Å². The second kappa shape index (κ2) is 7.77. The Morgan fingerprint density at radius 3 is 2.53 bits per heavy atom. The Morgan fingerprint density at radius 2 is 2.06 bits per heavy atom. The van der Waals surface area contributed by atoms with Crippen LogP contribution in [0, 0.1) is 7.43 Å². The predicted octanol–water partition coefficient (Wildman–Crippen LogP) is -0.300. The number of hydrogen-bond donors (Lipinski definition) is 1. The van der Waals surface area contributed by atoms with Crippen molar-refractivity contribution in [3.8, 4) is 0 Å². The molecule has 1 aliphatic heterocycles. The summed E-state index contributed by atoms with van der Waals surface area (Å²) >= 11 is 0. The minimum absolute atomic E-state index is 0. The average Bonchev–Trinajstić information content (AvgIpc) is 2.21. The summed E-state index contributed by atoms with van der Waals surface area (Å²) in [4.78, 5) is 35.4. The van der Waals surface area contributed by atoms with Crippen LogP contribution in [0.1, 0.15) is 13.8 Å². The minimum Gasteiger partial charge on any atom is -0.642 e. The molecule has 1 N–H and O–H groups in total. The van der Waals surface area contributed by atoms with Crippen molar-refractivity contribution in [3.05, 3.63) is 12.7 Å². The maximum absolute atomic E-state index is 11.6. The first kappa shape index (κ1) is 18.9. The van der Waals surface area contributed by atoms with Crippen molar-refractivity contribution >= 4 is 17.7 Å². The molecule has 0 aromatic rings. The van der Waals surface area contributed by atoms with Crippen molar-refractivity contribution in [3.63, 3.8) is 0 Å². The topological polar surface area (TPSA) is 80.6 Å². The van der Waals surface area contributed by atoms with Crippen LogP contribution in [0.25, 0.3) is 5.32 Å². The van der Waals surface area contributed by atoms with Crippen LogP contribution < -0.4 is 5.32 Å². The molecule has 2 atom stereocenters. The predicted molar refractivity (Wildman–Crippen MR) is 59.5 cm³/mol. The molecule has 0 aromatic carbocycles. The van der Waals surface area contributed by atoms with Crippen LogP contribution in [0.4, 0.5) is 0 Å². The molecule has 7 heteroatoms. The van der Waals surface area contributed by atoms with E-state index in [4.69, 9.17) is 0 Å². The molecule has 95 valence electrons. The van der Waals surface area contributed by atoms with Gasteiger partial charge in [-0.05, 0) is 13.0 Å². The summed E-state index contributed by atoms with van der Waals surface area (Å²) in [6.07, 6.45) is 0. The second-order valence-electron chi connectivity index (χ2n) is 3.46. The van der Waals surface area contributed by atoms with Crippen LogP contribution in [0.2, 0.25) is 0 Å². The summed E-state index contributed by atoms with van der Waals surface area (Å²) in [5.74, 6) is -0.936. The number of nitrogens with one attached hydrogen (secondary N) is 1. The molecular formula is C10H17N3O3Y-2. The first-order chi connectivity index (χ1) is 6.97. The van der Waals surface area contributed by atoms with Gasteiger partial charge in [0.15, 0.2) is 0 Å². The number of hydrogen-bond acceptors (Lipinski definition) is 3. The van der Waals surface area contributed by atoms with Crippen molar-refractivity contribution in [1.29, 1.82) is 0 Å². The fourth-order valence-corrected chi connectivity index (χ4v) is 1.45. The zero-order chi connectivity index (χ0) is 11.6. The van der Waals surface area contributed by atoms with Crippen LogP contribution >= 0.6 is 0 Å². The molecule has 0 spiro atoms. The molecule has 3 amide bonds. The van der Waals surface area contributed by atoms with Gasteiger partial charge in [-0.15, -0.1) is 0 Å². The maximum atomic E-state index is 11.6. The molecule has 1 fully saturated rings. The summed E-state index contributed by atoms with van der Waals surface area (Å²) < 4.78 is 0. The van der Waals surface area contributed by atoms with Gasteiger partial charge in [0.05, 0.1) is 12.5 Å². The van der Waals surface area contributed by atoms with Crippen molar-refractivity contribution in [2.75, 3.05) is 13.6 Å². The molecule has 1 aliphatic rings. The fourth-order valence-electron chi connectivity index (χ4n) is 1.45. The first-order valence-corrected chi connectivity index (χ1v) is 4.73. The van der Waals surface area contributed by atoms with Gasteiger partial charge in [-0.25, -0.2) is 0 Å². The largest absolute Gasteiger partial charge is 0.642 e. The van der Waals surface area contributed by atoms with Crippen molar-refractivity contribution in [2.24, 2.45) is 0 Å². The Labute approximate surface area is 127 Å². The van der Waals surface area contributed by atoms with Crippen LogP contribution in [0.3, 0.4) is 0 Å². The van der Waals surface area contributed by atoms with E-state index in [9.17, 15) is 14.4 Å². The summed E-state index contributed by atoms with van der Waals surface area (Å²) in [7, 11) is 1.49. The van der Waals surface area contributed by atoms with Gasteiger partial charge in [-0.2, -0.15) is 0 Å². The standard InChI is InChI=1S/C9H15N3O3.CH3.Y/c1-5-9(15)12(4-7(13)11-5)6(2)8(14)10-3;;/h5-6H,4H2,1-3H3,(H2,10,11,13,14);1H3;/q;-1;/p-1. The SMILES string of the molecule is CNC(=O)C(C)N1CC(=O)[N-]C(C)C1=O.[CH3-].[Y]. The quantitative estimate of drug-likeness (QED) is 0.710. The van der Waals surface area contributed by atoms with E-state index in [-0.39, 0.29) is 64.4 Å². The summed E-state index contributed by atoms with van der Waals surface area (Å²) in [5, 5.41) is 6.06. The first-order valence-electron chi connectivity index (χ1n) is 4.73. The van der Waals surface area contributed by atoms with Crippen LogP contribution in [-0.4, -0.2) is 48.3 Å². The van der Waals surface area contributed by atoms with Crippen LogP contribution in [0.15, 0.2) is 0 Å². The van der Waals surface area contributed by atoms with E-state index in [1.54, 1.807) is 13.8 Å². The Kier molecular flexibility index (Phi) is 8.62. The number of piperazine rings is 1. The third-order valence-electron chi connectivity index (χ3n) is 2.38. The zero-order valence-corrected chi connectivity index (χ0v) is 13.4. The van der Waals surface area contributed by atoms with Gasteiger partial charge in [0.1, 0.15) is 6.04 Å². The van der Waals surface area contributed by atoms with E-state index >= 15 is 0 Å².